The highest BCUT2D eigenvalue weighted by Crippen LogP contribution is 2.37. The number of amides is 1. The third-order valence-electron chi connectivity index (χ3n) is 8.05. The molecule has 1 aromatic rings. The minimum absolute atomic E-state index is 0.173. The molecule has 0 aliphatic carbocycles. The Morgan fingerprint density at radius 1 is 0.941 bits per heavy atom. The molecule has 3 rings (SSSR count). The quantitative estimate of drug-likeness (QED) is 0.466. The summed E-state index contributed by atoms with van der Waals surface area (Å²) in [5, 5.41) is 9.36. The number of hydroxylamine groups is 1. The first-order chi connectivity index (χ1) is 15.9. The van der Waals surface area contributed by atoms with E-state index >= 15 is 0 Å². The molecule has 9 heteroatoms. The first-order valence-corrected chi connectivity index (χ1v) is 13.8. The van der Waals surface area contributed by atoms with Crippen LogP contribution in [-0.4, -0.2) is 79.8 Å². The van der Waals surface area contributed by atoms with Crippen molar-refractivity contribution in [2.24, 2.45) is 5.92 Å². The zero-order valence-corrected chi connectivity index (χ0v) is 22.7. The van der Waals surface area contributed by atoms with E-state index in [9.17, 15) is 18.4 Å². The van der Waals surface area contributed by atoms with Crippen LogP contribution in [0.1, 0.15) is 54.5 Å². The first-order valence-electron chi connectivity index (χ1n) is 12.3. The number of rotatable bonds is 6. The van der Waals surface area contributed by atoms with Crippen molar-refractivity contribution in [2.75, 3.05) is 51.2 Å². The Morgan fingerprint density at radius 2 is 1.44 bits per heavy atom. The van der Waals surface area contributed by atoms with Crippen molar-refractivity contribution in [3.8, 4) is 0 Å². The Morgan fingerprint density at radius 3 is 1.88 bits per heavy atom. The van der Waals surface area contributed by atoms with Crippen LogP contribution in [0.2, 0.25) is 0 Å². The molecule has 2 aliphatic rings. The maximum Gasteiger partial charge on any atom is 0.266 e. The molecule has 2 aliphatic heterocycles. The fourth-order valence-electron chi connectivity index (χ4n) is 5.64. The van der Waals surface area contributed by atoms with Crippen molar-refractivity contribution in [1.29, 1.82) is 0 Å². The van der Waals surface area contributed by atoms with Crippen LogP contribution in [0.3, 0.4) is 0 Å². The average molecular weight is 495 g/mol. The van der Waals surface area contributed by atoms with E-state index in [4.69, 9.17) is 0 Å². The van der Waals surface area contributed by atoms with Gasteiger partial charge < -0.3 is 9.80 Å². The lowest BCUT2D eigenvalue weighted by Gasteiger charge is -2.44. The fraction of sp³-hybridized carbons (Fsp3) is 0.720. The van der Waals surface area contributed by atoms with Gasteiger partial charge in [-0.2, -0.15) is 4.31 Å². The maximum atomic E-state index is 13.7. The summed E-state index contributed by atoms with van der Waals surface area (Å²) in [5.41, 5.74) is 9.46. The number of likely N-dealkylation sites (tertiary alicyclic amines) is 1. The molecule has 2 heterocycles. The van der Waals surface area contributed by atoms with Gasteiger partial charge in [-0.05, 0) is 101 Å². The lowest BCUT2D eigenvalue weighted by molar-refractivity contribution is -0.133. The second-order valence-electron chi connectivity index (χ2n) is 10.6. The highest BCUT2D eigenvalue weighted by molar-refractivity contribution is 7.91. The van der Waals surface area contributed by atoms with Crippen molar-refractivity contribution < 1.29 is 18.4 Å². The van der Waals surface area contributed by atoms with E-state index in [1.54, 1.807) is 5.48 Å². The molecule has 1 amide bonds. The summed E-state index contributed by atoms with van der Waals surface area (Å²) >= 11 is 0. The van der Waals surface area contributed by atoms with Crippen LogP contribution in [-0.2, 0) is 21.2 Å². The van der Waals surface area contributed by atoms with E-state index in [2.05, 4.69) is 46.4 Å². The molecular weight excluding hydrogens is 452 g/mol. The monoisotopic (exact) mass is 494 g/mol. The average Bonchev–Trinajstić information content (AvgIpc) is 2.81. The van der Waals surface area contributed by atoms with Gasteiger partial charge in [0.25, 0.3) is 5.91 Å². The third kappa shape index (κ3) is 4.59. The number of anilines is 1. The van der Waals surface area contributed by atoms with Gasteiger partial charge in [-0.3, -0.25) is 10.0 Å². The zero-order valence-electron chi connectivity index (χ0n) is 21.9. The number of piperazine rings is 1. The van der Waals surface area contributed by atoms with Gasteiger partial charge in [0.15, 0.2) is 4.75 Å². The molecule has 8 nitrogen and oxygen atoms in total. The SMILES string of the molecule is Cc1c(C)c(N2CCN(S(=O)(=O)C3(C(=O)NO)CCN(C)CC3)CC2)c(C)c(C)c1CC(C)C. The van der Waals surface area contributed by atoms with Crippen molar-refractivity contribution in [3.63, 3.8) is 0 Å². The highest BCUT2D eigenvalue weighted by atomic mass is 32.2. The van der Waals surface area contributed by atoms with Crippen LogP contribution in [0.5, 0.6) is 0 Å². The summed E-state index contributed by atoms with van der Waals surface area (Å²) in [6.45, 7) is 16.0. The van der Waals surface area contributed by atoms with E-state index in [1.807, 2.05) is 11.9 Å². The Bertz CT molecular complexity index is 993. The summed E-state index contributed by atoms with van der Waals surface area (Å²) < 4.78 is 27.3. The minimum Gasteiger partial charge on any atom is -0.368 e. The van der Waals surface area contributed by atoms with Crippen molar-refractivity contribution in [2.45, 2.75) is 65.6 Å². The molecule has 192 valence electrons. The van der Waals surface area contributed by atoms with Gasteiger partial charge in [0.1, 0.15) is 0 Å². The topological polar surface area (TPSA) is 93.2 Å². The number of carbonyl (C=O) groups excluding carboxylic acids is 1. The number of sulfonamides is 1. The molecular formula is C25H42N4O4S. The third-order valence-corrected chi connectivity index (χ3v) is 10.7. The summed E-state index contributed by atoms with van der Waals surface area (Å²) in [4.78, 5) is 17.0. The van der Waals surface area contributed by atoms with E-state index in [0.29, 0.717) is 45.2 Å². The predicted octanol–water partition coefficient (Wildman–Crippen LogP) is 2.54. The summed E-state index contributed by atoms with van der Waals surface area (Å²) in [5.74, 6) is -0.236. The summed E-state index contributed by atoms with van der Waals surface area (Å²) in [6, 6.07) is 0. The number of nitrogens with zero attached hydrogens (tertiary/aromatic N) is 3. The standard InChI is InChI=1S/C25H42N4O4S/c1-17(2)16-22-18(3)20(5)23(21(6)19(22)4)28-12-14-29(15-13-28)34(32,33)25(24(30)26-31)8-10-27(7)11-9-25/h17,31H,8-16H2,1-7H3,(H,26,30). The normalized spacial score (nSPS) is 20.1. The molecule has 0 bridgehead atoms. The predicted molar refractivity (Wildman–Crippen MR) is 136 cm³/mol. The molecule has 0 spiro atoms. The lowest BCUT2D eigenvalue weighted by Crippen LogP contribution is -2.63. The molecule has 2 fully saturated rings. The zero-order chi connectivity index (χ0) is 25.4. The molecule has 1 aromatic carbocycles. The van der Waals surface area contributed by atoms with Crippen LogP contribution in [0.15, 0.2) is 0 Å². The maximum absolute atomic E-state index is 13.7. The number of hydrogen-bond donors (Lipinski definition) is 2. The largest absolute Gasteiger partial charge is 0.368 e. The number of hydrogen-bond acceptors (Lipinski definition) is 6. The Kier molecular flexibility index (Phi) is 8.02. The molecule has 0 radical (unpaired) electrons. The molecule has 34 heavy (non-hydrogen) atoms. The molecule has 0 saturated carbocycles. The first kappa shape index (κ1) is 26.9. The van der Waals surface area contributed by atoms with E-state index in [0.717, 1.165) is 6.42 Å². The van der Waals surface area contributed by atoms with Gasteiger partial charge in [-0.15, -0.1) is 0 Å². The fourth-order valence-corrected chi connectivity index (χ4v) is 7.76. The van der Waals surface area contributed by atoms with Crippen molar-refractivity contribution in [1.82, 2.24) is 14.7 Å². The molecule has 2 N–H and O–H groups in total. The molecule has 0 aromatic heterocycles. The number of piperidine rings is 1. The Hall–Kier alpha value is -1.68. The van der Waals surface area contributed by atoms with Crippen LogP contribution < -0.4 is 10.4 Å². The van der Waals surface area contributed by atoms with E-state index in [1.165, 1.54) is 37.8 Å². The molecule has 0 atom stereocenters. The minimum atomic E-state index is -3.94. The smallest absolute Gasteiger partial charge is 0.266 e. The number of nitrogens with one attached hydrogen (secondary N) is 1. The van der Waals surface area contributed by atoms with Crippen LogP contribution in [0.25, 0.3) is 0 Å². The van der Waals surface area contributed by atoms with Gasteiger partial charge in [-0.25, -0.2) is 13.9 Å². The lowest BCUT2D eigenvalue weighted by atomic mass is 9.87. The van der Waals surface area contributed by atoms with Crippen molar-refractivity contribution >= 4 is 21.6 Å². The second kappa shape index (κ2) is 10.1. The molecule has 2 saturated heterocycles. The van der Waals surface area contributed by atoms with E-state index in [-0.39, 0.29) is 12.8 Å². The van der Waals surface area contributed by atoms with Gasteiger partial charge >= 0.3 is 0 Å². The van der Waals surface area contributed by atoms with Gasteiger partial charge in [0.05, 0.1) is 0 Å². The summed E-state index contributed by atoms with van der Waals surface area (Å²) in [6.07, 6.45) is 1.40. The number of carbonyl (C=O) groups is 1. The van der Waals surface area contributed by atoms with E-state index < -0.39 is 20.7 Å². The van der Waals surface area contributed by atoms with Crippen LogP contribution in [0, 0.1) is 33.6 Å². The number of benzene rings is 1. The summed E-state index contributed by atoms with van der Waals surface area (Å²) in [7, 11) is -2.03. The Labute approximate surface area is 205 Å². The molecule has 0 unspecified atom stereocenters. The second-order valence-corrected chi connectivity index (χ2v) is 12.8. The Balaban J connectivity index is 1.86. The van der Waals surface area contributed by atoms with Gasteiger partial charge in [0.2, 0.25) is 10.0 Å². The van der Waals surface area contributed by atoms with Gasteiger partial charge in [-0.1, -0.05) is 13.8 Å². The van der Waals surface area contributed by atoms with Gasteiger partial charge in [0, 0.05) is 31.9 Å². The van der Waals surface area contributed by atoms with Crippen LogP contribution >= 0.6 is 0 Å². The van der Waals surface area contributed by atoms with Crippen LogP contribution in [0.4, 0.5) is 5.69 Å². The highest BCUT2D eigenvalue weighted by Gasteiger charge is 2.54. The van der Waals surface area contributed by atoms with Crippen molar-refractivity contribution in [3.05, 3.63) is 27.8 Å².